The topological polar surface area (TPSA) is 48.1 Å². The van der Waals surface area contributed by atoms with Gasteiger partial charge in [0.2, 0.25) is 0 Å². The molecule has 17 heavy (non-hydrogen) atoms. The first-order chi connectivity index (χ1) is 8.15. The summed E-state index contributed by atoms with van der Waals surface area (Å²) < 4.78 is 6.08. The highest BCUT2D eigenvalue weighted by Gasteiger charge is 2.10. The Hall–Kier alpha value is -0.910. The molecule has 0 amide bonds. The molecule has 2 N–H and O–H groups in total. The van der Waals surface area contributed by atoms with Crippen LogP contribution in [0.5, 0.6) is 5.75 Å². The van der Waals surface area contributed by atoms with E-state index in [-0.39, 0.29) is 0 Å². The average Bonchev–Trinajstić information content (AvgIpc) is 2.70. The summed E-state index contributed by atoms with van der Waals surface area (Å²) in [6, 6.07) is 6.05. The van der Waals surface area contributed by atoms with Crippen molar-refractivity contribution in [3.8, 4) is 16.3 Å². The monoisotopic (exact) mass is 312 g/mol. The minimum absolute atomic E-state index is 0.507. The Bertz CT molecular complexity index is 539. The van der Waals surface area contributed by atoms with Gasteiger partial charge in [0.1, 0.15) is 15.4 Å². The van der Waals surface area contributed by atoms with Crippen molar-refractivity contribution in [3.63, 3.8) is 0 Å². The summed E-state index contributed by atoms with van der Waals surface area (Å²) >= 11 is 5.03. The van der Waals surface area contributed by atoms with E-state index >= 15 is 0 Å². The smallest absolute Gasteiger partial charge is 0.125 e. The number of hydrogen-bond acceptors (Lipinski definition) is 4. The van der Waals surface area contributed by atoms with Gasteiger partial charge in [-0.05, 0) is 46.6 Å². The van der Waals surface area contributed by atoms with Crippen molar-refractivity contribution in [2.24, 2.45) is 5.73 Å². The Morgan fingerprint density at radius 1 is 1.47 bits per heavy atom. The van der Waals surface area contributed by atoms with E-state index in [0.29, 0.717) is 6.54 Å². The van der Waals surface area contributed by atoms with Crippen LogP contribution in [0.3, 0.4) is 0 Å². The summed E-state index contributed by atoms with van der Waals surface area (Å²) in [5, 5.41) is 0.975. The highest BCUT2D eigenvalue weighted by molar-refractivity contribution is 9.10. The number of rotatable bonds is 3. The molecule has 1 aromatic heterocycles. The van der Waals surface area contributed by atoms with Gasteiger partial charge >= 0.3 is 0 Å². The van der Waals surface area contributed by atoms with Crippen LogP contribution in [-0.2, 0) is 6.54 Å². The Morgan fingerprint density at radius 2 is 2.24 bits per heavy atom. The van der Waals surface area contributed by atoms with Crippen LogP contribution >= 0.6 is 27.3 Å². The van der Waals surface area contributed by atoms with E-state index in [1.807, 2.05) is 19.1 Å². The molecular weight excluding hydrogens is 300 g/mol. The van der Waals surface area contributed by atoms with Crippen LogP contribution in [0.15, 0.2) is 22.8 Å². The molecule has 2 aromatic rings. The van der Waals surface area contributed by atoms with Crippen LogP contribution in [0.2, 0.25) is 0 Å². The number of aryl methyl sites for hydroxylation is 1. The molecule has 0 fully saturated rings. The molecule has 5 heteroatoms. The fourth-order valence-electron chi connectivity index (χ4n) is 1.59. The predicted octanol–water partition coefficient (Wildman–Crippen LogP) is 3.35. The Labute approximate surface area is 113 Å². The first-order valence-electron chi connectivity index (χ1n) is 5.16. The third-order valence-electron chi connectivity index (χ3n) is 2.48. The van der Waals surface area contributed by atoms with Crippen molar-refractivity contribution in [2.75, 3.05) is 7.11 Å². The van der Waals surface area contributed by atoms with Crippen molar-refractivity contribution in [3.05, 3.63) is 33.2 Å². The van der Waals surface area contributed by atoms with Crippen LogP contribution < -0.4 is 10.5 Å². The third kappa shape index (κ3) is 2.51. The maximum absolute atomic E-state index is 5.64. The predicted molar refractivity (Wildman–Crippen MR) is 74.4 cm³/mol. The van der Waals surface area contributed by atoms with E-state index in [4.69, 9.17) is 10.5 Å². The number of benzene rings is 1. The molecule has 0 radical (unpaired) electrons. The molecule has 0 aliphatic carbocycles. The Morgan fingerprint density at radius 3 is 2.76 bits per heavy atom. The largest absolute Gasteiger partial charge is 0.496 e. The normalized spacial score (nSPS) is 10.6. The molecule has 0 bridgehead atoms. The second-order valence-corrected chi connectivity index (χ2v) is 5.46. The zero-order valence-corrected chi connectivity index (χ0v) is 12.1. The summed E-state index contributed by atoms with van der Waals surface area (Å²) in [5.74, 6) is 0.892. The van der Waals surface area contributed by atoms with Crippen molar-refractivity contribution in [1.82, 2.24) is 4.98 Å². The van der Waals surface area contributed by atoms with Crippen molar-refractivity contribution in [1.29, 1.82) is 0 Å². The number of thiazole rings is 1. The number of nitrogens with zero attached hydrogens (tertiary/aromatic N) is 1. The lowest BCUT2D eigenvalue weighted by Crippen LogP contribution is -1.92. The van der Waals surface area contributed by atoms with Crippen LogP contribution in [-0.4, -0.2) is 12.1 Å². The van der Waals surface area contributed by atoms with Gasteiger partial charge in [0.25, 0.3) is 0 Å². The van der Waals surface area contributed by atoms with E-state index in [0.717, 1.165) is 31.4 Å². The standard InChI is InChI=1S/C12H13BrN2OS/c1-7-5-8(3-4-9(7)16-2)12-15-11(13)10(6-14)17-12/h3-5H,6,14H2,1-2H3. The zero-order chi connectivity index (χ0) is 12.4. The van der Waals surface area contributed by atoms with Crippen molar-refractivity contribution in [2.45, 2.75) is 13.5 Å². The number of aromatic nitrogens is 1. The summed E-state index contributed by atoms with van der Waals surface area (Å²) in [5.41, 5.74) is 7.83. The van der Waals surface area contributed by atoms with E-state index in [1.54, 1.807) is 18.4 Å². The van der Waals surface area contributed by atoms with Gasteiger partial charge in [0, 0.05) is 12.1 Å². The number of methoxy groups -OCH3 is 1. The number of nitrogens with two attached hydrogens (primary N) is 1. The van der Waals surface area contributed by atoms with Crippen molar-refractivity contribution < 1.29 is 4.74 Å². The number of hydrogen-bond donors (Lipinski definition) is 1. The second-order valence-electron chi connectivity index (χ2n) is 3.62. The molecule has 90 valence electrons. The second kappa shape index (κ2) is 5.16. The molecule has 1 heterocycles. The maximum atomic E-state index is 5.64. The van der Waals surface area contributed by atoms with Gasteiger partial charge < -0.3 is 10.5 Å². The van der Waals surface area contributed by atoms with Gasteiger partial charge in [-0.2, -0.15) is 0 Å². The fourth-order valence-corrected chi connectivity index (χ4v) is 3.12. The van der Waals surface area contributed by atoms with Gasteiger partial charge in [-0.15, -0.1) is 11.3 Å². The minimum atomic E-state index is 0.507. The van der Waals surface area contributed by atoms with Crippen LogP contribution in [0, 0.1) is 6.92 Å². The molecule has 0 unspecified atom stereocenters. The zero-order valence-electron chi connectivity index (χ0n) is 9.66. The Balaban J connectivity index is 2.42. The molecule has 0 aliphatic heterocycles. The SMILES string of the molecule is COc1ccc(-c2nc(Br)c(CN)s2)cc1C. The van der Waals surface area contributed by atoms with E-state index in [2.05, 4.69) is 27.0 Å². The quantitative estimate of drug-likeness (QED) is 0.945. The average molecular weight is 313 g/mol. The van der Waals surface area contributed by atoms with E-state index in [1.165, 1.54) is 0 Å². The molecule has 0 aliphatic rings. The van der Waals surface area contributed by atoms with Gasteiger partial charge in [0.05, 0.1) is 12.0 Å². The molecular formula is C12H13BrN2OS. The lowest BCUT2D eigenvalue weighted by Gasteiger charge is -2.05. The van der Waals surface area contributed by atoms with Crippen LogP contribution in [0.4, 0.5) is 0 Å². The molecule has 2 rings (SSSR count). The summed E-state index contributed by atoms with van der Waals surface area (Å²) in [6.07, 6.45) is 0. The molecule has 0 atom stereocenters. The lowest BCUT2D eigenvalue weighted by molar-refractivity contribution is 0.412. The fraction of sp³-hybridized carbons (Fsp3) is 0.250. The molecule has 0 saturated carbocycles. The lowest BCUT2D eigenvalue weighted by atomic mass is 10.1. The first-order valence-corrected chi connectivity index (χ1v) is 6.77. The highest BCUT2D eigenvalue weighted by atomic mass is 79.9. The number of ether oxygens (including phenoxy) is 1. The Kier molecular flexibility index (Phi) is 3.81. The molecule has 3 nitrogen and oxygen atoms in total. The molecule has 0 spiro atoms. The van der Waals surface area contributed by atoms with Gasteiger partial charge in [-0.3, -0.25) is 0 Å². The third-order valence-corrected chi connectivity index (χ3v) is 4.52. The minimum Gasteiger partial charge on any atom is -0.496 e. The summed E-state index contributed by atoms with van der Waals surface area (Å²) in [4.78, 5) is 5.53. The van der Waals surface area contributed by atoms with Gasteiger partial charge in [0.15, 0.2) is 0 Å². The first kappa shape index (κ1) is 12.5. The summed E-state index contributed by atoms with van der Waals surface area (Å²) in [6.45, 7) is 2.53. The van der Waals surface area contributed by atoms with E-state index < -0.39 is 0 Å². The maximum Gasteiger partial charge on any atom is 0.125 e. The van der Waals surface area contributed by atoms with Crippen LogP contribution in [0.1, 0.15) is 10.4 Å². The summed E-state index contributed by atoms with van der Waals surface area (Å²) in [7, 11) is 1.68. The number of halogens is 1. The van der Waals surface area contributed by atoms with Gasteiger partial charge in [-0.1, -0.05) is 0 Å². The molecule has 1 aromatic carbocycles. The van der Waals surface area contributed by atoms with E-state index in [9.17, 15) is 0 Å². The van der Waals surface area contributed by atoms with Crippen molar-refractivity contribution >= 4 is 27.3 Å². The van der Waals surface area contributed by atoms with Crippen LogP contribution in [0.25, 0.3) is 10.6 Å². The van der Waals surface area contributed by atoms with Gasteiger partial charge in [-0.25, -0.2) is 4.98 Å². The molecule has 0 saturated heterocycles. The highest BCUT2D eigenvalue weighted by Crippen LogP contribution is 2.32.